The van der Waals surface area contributed by atoms with E-state index >= 15 is 0 Å². The monoisotopic (exact) mass is 426 g/mol. The van der Waals surface area contributed by atoms with Crippen molar-refractivity contribution in [1.29, 1.82) is 0 Å². The average molecular weight is 427 g/mol. The van der Waals surface area contributed by atoms with E-state index in [-0.39, 0.29) is 0 Å². The maximum absolute atomic E-state index is 11.0. The second kappa shape index (κ2) is 12.4. The third kappa shape index (κ3) is 8.27. The molecule has 0 radical (unpaired) electrons. The van der Waals surface area contributed by atoms with Gasteiger partial charge in [0, 0.05) is 11.1 Å². The molecule has 0 heterocycles. The zero-order valence-electron chi connectivity index (χ0n) is 15.1. The fourth-order valence-corrected chi connectivity index (χ4v) is 2.38. The molecule has 0 saturated carbocycles. The molecule has 6 nitrogen and oxygen atoms in total. The topological polar surface area (TPSA) is 71.1 Å². The normalized spacial score (nSPS) is 10.5. The van der Waals surface area contributed by atoms with Crippen LogP contribution in [0.3, 0.4) is 0 Å². The number of benzene rings is 2. The first kappa shape index (κ1) is 22.2. The van der Waals surface area contributed by atoms with Gasteiger partial charge in [-0.2, -0.15) is 0 Å². The van der Waals surface area contributed by atoms with Gasteiger partial charge in [0.05, 0.1) is 26.4 Å². The van der Waals surface area contributed by atoms with Crippen molar-refractivity contribution in [3.05, 3.63) is 59.7 Å². The van der Waals surface area contributed by atoms with Gasteiger partial charge in [0.2, 0.25) is 0 Å². The van der Waals surface area contributed by atoms with Crippen molar-refractivity contribution >= 4 is 33.7 Å². The van der Waals surface area contributed by atoms with E-state index in [1.54, 1.807) is 48.5 Å². The van der Waals surface area contributed by atoms with E-state index in [4.69, 9.17) is 42.1 Å². The molecule has 0 atom stereocenters. The lowest BCUT2D eigenvalue weighted by molar-refractivity contribution is 0.0273. The number of halogens is 2. The van der Waals surface area contributed by atoms with Gasteiger partial charge in [-0.1, -0.05) is 0 Å². The summed E-state index contributed by atoms with van der Waals surface area (Å²) in [5, 5.41) is -0.998. The summed E-state index contributed by atoms with van der Waals surface area (Å²) in [6, 6.07) is 13.1. The Morgan fingerprint density at radius 3 is 1.21 bits per heavy atom. The maximum atomic E-state index is 11.0. The van der Waals surface area contributed by atoms with Gasteiger partial charge < -0.3 is 18.9 Å². The second-order valence-electron chi connectivity index (χ2n) is 5.52. The Balaban J connectivity index is 1.45. The molecule has 2 aromatic carbocycles. The lowest BCUT2D eigenvalue weighted by atomic mass is 10.2. The molecular formula is C20H20Cl2O6. The van der Waals surface area contributed by atoms with Gasteiger partial charge in [0.15, 0.2) is 0 Å². The van der Waals surface area contributed by atoms with E-state index < -0.39 is 10.5 Å². The van der Waals surface area contributed by atoms with Crippen LogP contribution < -0.4 is 9.47 Å². The quantitative estimate of drug-likeness (QED) is 0.356. The van der Waals surface area contributed by atoms with E-state index in [2.05, 4.69) is 0 Å². The molecule has 28 heavy (non-hydrogen) atoms. The van der Waals surface area contributed by atoms with Gasteiger partial charge >= 0.3 is 0 Å². The summed E-state index contributed by atoms with van der Waals surface area (Å²) in [7, 11) is 0. The minimum absolute atomic E-state index is 0.387. The first-order valence-corrected chi connectivity index (χ1v) is 9.33. The van der Waals surface area contributed by atoms with E-state index in [1.165, 1.54) is 0 Å². The van der Waals surface area contributed by atoms with E-state index in [0.717, 1.165) is 0 Å². The Hall–Kier alpha value is -2.12. The van der Waals surface area contributed by atoms with Crippen LogP contribution in [0.4, 0.5) is 0 Å². The molecule has 0 fully saturated rings. The zero-order chi connectivity index (χ0) is 20.2. The highest BCUT2D eigenvalue weighted by atomic mass is 35.5. The summed E-state index contributed by atoms with van der Waals surface area (Å²) in [6.45, 7) is 2.49. The minimum atomic E-state index is -0.499. The molecule has 150 valence electrons. The number of hydrogen-bond acceptors (Lipinski definition) is 6. The maximum Gasteiger partial charge on any atom is 0.252 e. The van der Waals surface area contributed by atoms with Gasteiger partial charge in [-0.15, -0.1) is 0 Å². The summed E-state index contributed by atoms with van der Waals surface area (Å²) >= 11 is 10.7. The van der Waals surface area contributed by atoms with Crippen LogP contribution in [-0.4, -0.2) is 50.1 Å². The Bertz CT molecular complexity index is 681. The first-order chi connectivity index (χ1) is 13.6. The van der Waals surface area contributed by atoms with Crippen LogP contribution >= 0.6 is 23.2 Å². The first-order valence-electron chi connectivity index (χ1n) is 8.57. The van der Waals surface area contributed by atoms with Crippen LogP contribution in [-0.2, 0) is 9.47 Å². The molecule has 0 aliphatic carbocycles. The molecule has 0 saturated heterocycles. The summed E-state index contributed by atoms with van der Waals surface area (Å²) in [5.74, 6) is 1.28. The summed E-state index contributed by atoms with van der Waals surface area (Å²) < 4.78 is 21.8. The third-order valence-electron chi connectivity index (χ3n) is 3.53. The molecule has 0 bridgehead atoms. The van der Waals surface area contributed by atoms with Gasteiger partial charge in [-0.3, -0.25) is 9.59 Å². The molecule has 0 aromatic heterocycles. The third-order valence-corrected chi connectivity index (χ3v) is 3.96. The van der Waals surface area contributed by atoms with Crippen LogP contribution in [0.1, 0.15) is 20.7 Å². The summed E-state index contributed by atoms with van der Waals surface area (Å²) in [4.78, 5) is 21.9. The fraction of sp³-hybridized carbons (Fsp3) is 0.300. The largest absolute Gasteiger partial charge is 0.491 e. The van der Waals surface area contributed by atoms with Crippen LogP contribution in [0.5, 0.6) is 11.5 Å². The molecule has 0 amide bonds. The summed E-state index contributed by atoms with van der Waals surface area (Å²) in [5.41, 5.74) is 0.850. The number of rotatable bonds is 13. The lowest BCUT2D eigenvalue weighted by Crippen LogP contribution is -2.13. The van der Waals surface area contributed by atoms with E-state index in [0.29, 0.717) is 62.3 Å². The SMILES string of the molecule is O=C(Cl)c1ccc(OCCOCCOCCOc2ccc(C(=O)Cl)cc2)cc1. The van der Waals surface area contributed by atoms with Crippen molar-refractivity contribution < 1.29 is 28.5 Å². The number of hydrogen-bond donors (Lipinski definition) is 0. The Morgan fingerprint density at radius 1 is 0.571 bits per heavy atom. The number of carbonyl (C=O) groups is 2. The van der Waals surface area contributed by atoms with Gasteiger partial charge in [0.25, 0.3) is 10.5 Å². The number of ether oxygens (including phenoxy) is 4. The molecule has 0 N–H and O–H groups in total. The van der Waals surface area contributed by atoms with Crippen molar-refractivity contribution in [2.75, 3.05) is 39.6 Å². The highest BCUT2D eigenvalue weighted by Gasteiger charge is 2.02. The van der Waals surface area contributed by atoms with Crippen LogP contribution in [0.25, 0.3) is 0 Å². The van der Waals surface area contributed by atoms with Gasteiger partial charge in [0.1, 0.15) is 24.7 Å². The molecule has 0 spiro atoms. The highest BCUT2D eigenvalue weighted by Crippen LogP contribution is 2.14. The smallest absolute Gasteiger partial charge is 0.252 e. The summed E-state index contributed by atoms with van der Waals surface area (Å²) in [6.07, 6.45) is 0. The van der Waals surface area contributed by atoms with E-state index in [9.17, 15) is 9.59 Å². The molecule has 0 aliphatic rings. The van der Waals surface area contributed by atoms with Crippen molar-refractivity contribution in [2.24, 2.45) is 0 Å². The van der Waals surface area contributed by atoms with Crippen LogP contribution in [0, 0.1) is 0 Å². The molecule has 0 unspecified atom stereocenters. The molecule has 2 aromatic rings. The predicted octanol–water partition coefficient (Wildman–Crippen LogP) is 3.94. The van der Waals surface area contributed by atoms with Crippen molar-refractivity contribution in [3.8, 4) is 11.5 Å². The van der Waals surface area contributed by atoms with E-state index in [1.807, 2.05) is 0 Å². The Morgan fingerprint density at radius 2 is 0.893 bits per heavy atom. The average Bonchev–Trinajstić information content (AvgIpc) is 2.70. The van der Waals surface area contributed by atoms with Gasteiger partial charge in [-0.25, -0.2) is 0 Å². The van der Waals surface area contributed by atoms with Crippen molar-refractivity contribution in [3.63, 3.8) is 0 Å². The molecule has 2 rings (SSSR count). The lowest BCUT2D eigenvalue weighted by Gasteiger charge is -2.09. The standard InChI is InChI=1S/C20H20Cl2O6/c21-19(23)15-1-5-17(6-2-15)27-13-11-25-9-10-26-12-14-28-18-7-3-16(4-8-18)20(22)24/h1-8H,9-14H2. The van der Waals surface area contributed by atoms with Crippen molar-refractivity contribution in [1.82, 2.24) is 0 Å². The Kier molecular flexibility index (Phi) is 9.79. The van der Waals surface area contributed by atoms with Crippen LogP contribution in [0.15, 0.2) is 48.5 Å². The van der Waals surface area contributed by atoms with Crippen molar-refractivity contribution in [2.45, 2.75) is 0 Å². The molecule has 0 aliphatic heterocycles. The highest BCUT2D eigenvalue weighted by molar-refractivity contribution is 6.68. The molecular weight excluding hydrogens is 407 g/mol. The van der Waals surface area contributed by atoms with Gasteiger partial charge in [-0.05, 0) is 71.7 Å². The Labute approximate surface area is 173 Å². The second-order valence-corrected chi connectivity index (χ2v) is 6.20. The van der Waals surface area contributed by atoms with Crippen LogP contribution in [0.2, 0.25) is 0 Å². The predicted molar refractivity (Wildman–Crippen MR) is 106 cm³/mol. The fourth-order valence-electron chi connectivity index (χ4n) is 2.12. The zero-order valence-corrected chi connectivity index (χ0v) is 16.6. The molecule has 8 heteroatoms. The minimum Gasteiger partial charge on any atom is -0.491 e. The number of carbonyl (C=O) groups excluding carboxylic acids is 2.